The highest BCUT2D eigenvalue weighted by Crippen LogP contribution is 2.50. The third kappa shape index (κ3) is 4.18. The van der Waals surface area contributed by atoms with Crippen LogP contribution in [0.15, 0.2) is 144 Å². The van der Waals surface area contributed by atoms with Gasteiger partial charge in [-0.05, 0) is 63.7 Å². The molecular formula is C42H29N3O. The summed E-state index contributed by atoms with van der Waals surface area (Å²) >= 11 is 0. The van der Waals surface area contributed by atoms with Crippen LogP contribution in [0.3, 0.4) is 0 Å². The van der Waals surface area contributed by atoms with E-state index in [1.807, 2.05) is 48.5 Å². The average Bonchev–Trinajstić information content (AvgIpc) is 3.59. The maximum absolute atomic E-state index is 6.44. The Balaban J connectivity index is 1.19. The number of hydrogen-bond acceptors (Lipinski definition) is 4. The molecule has 9 rings (SSSR count). The lowest BCUT2D eigenvalue weighted by Gasteiger charge is -2.21. The van der Waals surface area contributed by atoms with Crippen LogP contribution >= 0.6 is 0 Å². The Kier molecular flexibility index (Phi) is 5.81. The molecule has 0 aliphatic heterocycles. The highest BCUT2D eigenvalue weighted by Gasteiger charge is 2.36. The standard InChI is InChI=1S/C42H29N3O/c1-42(2)35-16-10-9-15-31(35)32-24-34-33-23-30(21-22-37(33)46-38(34)25-36(32)42)41-44-39(28-13-7-4-8-14-28)43-40(45-41)29-19-17-27(18-20-29)26-11-5-3-6-12-26/h3-25H,1-2H3. The zero-order valence-electron chi connectivity index (χ0n) is 25.5. The predicted molar refractivity (Wildman–Crippen MR) is 186 cm³/mol. The van der Waals surface area contributed by atoms with Crippen LogP contribution < -0.4 is 0 Å². The zero-order valence-corrected chi connectivity index (χ0v) is 25.5. The lowest BCUT2D eigenvalue weighted by atomic mass is 9.82. The Morgan fingerprint density at radius 1 is 0.413 bits per heavy atom. The van der Waals surface area contributed by atoms with Gasteiger partial charge in [-0.1, -0.05) is 123 Å². The molecule has 218 valence electrons. The molecule has 46 heavy (non-hydrogen) atoms. The first-order valence-electron chi connectivity index (χ1n) is 15.6. The lowest BCUT2D eigenvalue weighted by molar-refractivity contribution is 0.647. The number of rotatable bonds is 4. The fourth-order valence-electron chi connectivity index (χ4n) is 6.90. The summed E-state index contributed by atoms with van der Waals surface area (Å²) in [5.74, 6) is 1.90. The molecule has 0 spiro atoms. The first-order chi connectivity index (χ1) is 22.5. The van der Waals surface area contributed by atoms with E-state index in [-0.39, 0.29) is 5.41 Å². The molecule has 0 atom stereocenters. The molecular weight excluding hydrogens is 562 g/mol. The molecule has 2 aromatic heterocycles. The Hall–Kier alpha value is -5.87. The van der Waals surface area contributed by atoms with Gasteiger partial charge in [-0.2, -0.15) is 0 Å². The second-order valence-corrected chi connectivity index (χ2v) is 12.5. The van der Waals surface area contributed by atoms with Gasteiger partial charge in [0.2, 0.25) is 0 Å². The Labute approximate surface area is 267 Å². The minimum atomic E-state index is -0.0847. The van der Waals surface area contributed by atoms with E-state index in [2.05, 4.69) is 105 Å². The number of aromatic nitrogens is 3. The monoisotopic (exact) mass is 591 g/mol. The summed E-state index contributed by atoms with van der Waals surface area (Å²) in [5, 5.41) is 2.14. The van der Waals surface area contributed by atoms with Crippen molar-refractivity contribution in [1.29, 1.82) is 0 Å². The van der Waals surface area contributed by atoms with E-state index in [9.17, 15) is 0 Å². The van der Waals surface area contributed by atoms with E-state index in [1.54, 1.807) is 0 Å². The smallest absolute Gasteiger partial charge is 0.164 e. The first kappa shape index (κ1) is 26.5. The van der Waals surface area contributed by atoms with E-state index < -0.39 is 0 Å². The molecule has 0 saturated heterocycles. The highest BCUT2D eigenvalue weighted by molar-refractivity contribution is 6.08. The number of nitrogens with zero attached hydrogens (tertiary/aromatic N) is 3. The quantitative estimate of drug-likeness (QED) is 0.204. The average molecular weight is 592 g/mol. The molecule has 0 saturated carbocycles. The van der Waals surface area contributed by atoms with Crippen molar-refractivity contribution in [2.75, 3.05) is 0 Å². The molecule has 0 amide bonds. The second kappa shape index (κ2) is 10.1. The van der Waals surface area contributed by atoms with Gasteiger partial charge in [-0.25, -0.2) is 15.0 Å². The summed E-state index contributed by atoms with van der Waals surface area (Å²) in [4.78, 5) is 15.0. The predicted octanol–water partition coefficient (Wildman–Crippen LogP) is 10.7. The number of hydrogen-bond donors (Lipinski definition) is 0. The van der Waals surface area contributed by atoms with Crippen molar-refractivity contribution < 1.29 is 4.42 Å². The fraction of sp³-hybridized carbons (Fsp3) is 0.0714. The van der Waals surface area contributed by atoms with Crippen LogP contribution in [0.2, 0.25) is 0 Å². The van der Waals surface area contributed by atoms with Crippen molar-refractivity contribution in [2.24, 2.45) is 0 Å². The molecule has 4 heteroatoms. The largest absolute Gasteiger partial charge is 0.456 e. The van der Waals surface area contributed by atoms with Gasteiger partial charge in [0.05, 0.1) is 0 Å². The molecule has 2 heterocycles. The fourth-order valence-corrected chi connectivity index (χ4v) is 6.90. The zero-order chi connectivity index (χ0) is 30.8. The maximum Gasteiger partial charge on any atom is 0.164 e. The van der Waals surface area contributed by atoms with E-state index in [0.29, 0.717) is 17.5 Å². The molecule has 0 fully saturated rings. The first-order valence-corrected chi connectivity index (χ1v) is 15.6. The van der Waals surface area contributed by atoms with E-state index >= 15 is 0 Å². The molecule has 0 unspecified atom stereocenters. The van der Waals surface area contributed by atoms with Crippen LogP contribution in [-0.4, -0.2) is 15.0 Å². The van der Waals surface area contributed by atoms with Gasteiger partial charge in [-0.3, -0.25) is 0 Å². The maximum atomic E-state index is 6.44. The highest BCUT2D eigenvalue weighted by atomic mass is 16.3. The number of fused-ring (bicyclic) bond motifs is 6. The van der Waals surface area contributed by atoms with Crippen molar-refractivity contribution in [3.8, 4) is 56.4 Å². The van der Waals surface area contributed by atoms with Gasteiger partial charge < -0.3 is 4.42 Å². The normalized spacial score (nSPS) is 13.2. The minimum absolute atomic E-state index is 0.0847. The van der Waals surface area contributed by atoms with Gasteiger partial charge in [0.25, 0.3) is 0 Å². The Morgan fingerprint density at radius 3 is 1.65 bits per heavy atom. The third-order valence-electron chi connectivity index (χ3n) is 9.35. The molecule has 0 N–H and O–H groups in total. The Bertz CT molecular complexity index is 2430. The summed E-state index contributed by atoms with van der Waals surface area (Å²) in [6.45, 7) is 4.59. The van der Waals surface area contributed by atoms with Gasteiger partial charge in [0.15, 0.2) is 17.5 Å². The number of furan rings is 1. The van der Waals surface area contributed by atoms with Crippen molar-refractivity contribution >= 4 is 21.9 Å². The summed E-state index contributed by atoms with van der Waals surface area (Å²) in [5.41, 5.74) is 12.0. The van der Waals surface area contributed by atoms with E-state index in [4.69, 9.17) is 19.4 Å². The third-order valence-corrected chi connectivity index (χ3v) is 9.35. The molecule has 1 aliphatic carbocycles. The van der Waals surface area contributed by atoms with Crippen molar-refractivity contribution in [2.45, 2.75) is 19.3 Å². The van der Waals surface area contributed by atoms with E-state index in [1.165, 1.54) is 27.8 Å². The molecule has 6 aromatic carbocycles. The molecule has 4 nitrogen and oxygen atoms in total. The summed E-state index contributed by atoms with van der Waals surface area (Å²) in [7, 11) is 0. The van der Waals surface area contributed by atoms with Gasteiger partial charge >= 0.3 is 0 Å². The molecule has 1 aliphatic rings. The van der Waals surface area contributed by atoms with Crippen LogP contribution in [0.5, 0.6) is 0 Å². The van der Waals surface area contributed by atoms with Crippen molar-refractivity contribution in [3.05, 3.63) is 151 Å². The SMILES string of the molecule is CC1(C)c2ccccc2-c2cc3c(cc21)oc1ccc(-c2nc(-c4ccccc4)nc(-c4ccc(-c5ccccc5)cc4)n2)cc13. The van der Waals surface area contributed by atoms with E-state index in [0.717, 1.165) is 44.2 Å². The van der Waals surface area contributed by atoms with Gasteiger partial charge in [-0.15, -0.1) is 0 Å². The number of benzene rings is 6. The summed E-state index contributed by atoms with van der Waals surface area (Å²) in [6, 6.07) is 48.4. The van der Waals surface area contributed by atoms with Crippen LogP contribution in [-0.2, 0) is 5.41 Å². The van der Waals surface area contributed by atoms with Crippen molar-refractivity contribution in [1.82, 2.24) is 15.0 Å². The van der Waals surface area contributed by atoms with Crippen LogP contribution in [0.4, 0.5) is 0 Å². The second-order valence-electron chi connectivity index (χ2n) is 12.5. The minimum Gasteiger partial charge on any atom is -0.456 e. The van der Waals surface area contributed by atoms with Gasteiger partial charge in [0, 0.05) is 32.9 Å². The molecule has 0 bridgehead atoms. The van der Waals surface area contributed by atoms with Crippen LogP contribution in [0, 0.1) is 0 Å². The van der Waals surface area contributed by atoms with Crippen molar-refractivity contribution in [3.63, 3.8) is 0 Å². The van der Waals surface area contributed by atoms with Crippen LogP contribution in [0.25, 0.3) is 78.4 Å². The topological polar surface area (TPSA) is 51.8 Å². The summed E-state index contributed by atoms with van der Waals surface area (Å²) < 4.78 is 6.44. The molecule has 8 aromatic rings. The summed E-state index contributed by atoms with van der Waals surface area (Å²) in [6.07, 6.45) is 0. The van der Waals surface area contributed by atoms with Gasteiger partial charge in [0.1, 0.15) is 11.2 Å². The lowest BCUT2D eigenvalue weighted by Crippen LogP contribution is -2.14. The Morgan fingerprint density at radius 2 is 0.935 bits per heavy atom. The van der Waals surface area contributed by atoms with Crippen LogP contribution in [0.1, 0.15) is 25.0 Å². The molecule has 0 radical (unpaired) electrons.